The molecule has 0 radical (unpaired) electrons. The molecule has 1 aliphatic carbocycles. The number of hydrogen-bond acceptors (Lipinski definition) is 1. The van der Waals surface area contributed by atoms with E-state index in [1.165, 1.54) is 47.1 Å². The molecule has 0 saturated heterocycles. The Hall–Kier alpha value is -2.06. The molecule has 1 aliphatic rings. The molecular formula is C20H22N2. The van der Waals surface area contributed by atoms with Crippen molar-refractivity contribution in [1.29, 1.82) is 0 Å². The largest absolute Gasteiger partial charge is 0.358 e. The summed E-state index contributed by atoms with van der Waals surface area (Å²) in [4.78, 5) is 3.63. The maximum Gasteiger partial charge on any atom is 0.0462 e. The van der Waals surface area contributed by atoms with E-state index in [9.17, 15) is 0 Å². The molecule has 112 valence electrons. The second kappa shape index (κ2) is 5.98. The fraction of sp³-hybridized carbons (Fsp3) is 0.300. The maximum atomic E-state index is 3.63. The van der Waals surface area contributed by atoms with Crippen LogP contribution in [0.1, 0.15) is 18.5 Å². The minimum absolute atomic E-state index is 0.941. The fourth-order valence-electron chi connectivity index (χ4n) is 3.16. The first-order valence-electron chi connectivity index (χ1n) is 8.27. The zero-order valence-electron chi connectivity index (χ0n) is 12.8. The van der Waals surface area contributed by atoms with Gasteiger partial charge in [-0.25, -0.2) is 0 Å². The van der Waals surface area contributed by atoms with Crippen LogP contribution in [0, 0.1) is 5.92 Å². The highest BCUT2D eigenvalue weighted by molar-refractivity contribution is 5.97. The normalized spacial score (nSPS) is 14.5. The summed E-state index contributed by atoms with van der Waals surface area (Å²) in [5.74, 6) is 0.941. The Morgan fingerprint density at radius 2 is 1.73 bits per heavy atom. The monoisotopic (exact) mass is 290 g/mol. The summed E-state index contributed by atoms with van der Waals surface area (Å²) in [6.07, 6.45) is 3.87. The minimum Gasteiger partial charge on any atom is -0.358 e. The molecule has 0 atom stereocenters. The Bertz CT molecular complexity index is 754. The van der Waals surface area contributed by atoms with Crippen LogP contribution in [-0.2, 0) is 6.42 Å². The summed E-state index contributed by atoms with van der Waals surface area (Å²) in [6.45, 7) is 2.23. The number of nitrogens with one attached hydrogen (secondary N) is 2. The predicted molar refractivity (Wildman–Crippen MR) is 93.0 cm³/mol. The Kier molecular flexibility index (Phi) is 3.69. The van der Waals surface area contributed by atoms with Crippen LogP contribution in [0.3, 0.4) is 0 Å². The standard InChI is InChI=1S/C20H22N2/c1-2-6-16(7-3-1)20-17-8-4-5-9-18(17)22-19(20)12-13-21-14-15-10-11-15/h1-9,15,21-22H,10-14H2. The number of rotatable bonds is 6. The quantitative estimate of drug-likeness (QED) is 0.648. The van der Waals surface area contributed by atoms with Crippen molar-refractivity contribution in [3.05, 3.63) is 60.3 Å². The number of aromatic nitrogens is 1. The van der Waals surface area contributed by atoms with Gasteiger partial charge in [0.25, 0.3) is 0 Å². The SMILES string of the molecule is c1ccc(-c2c(CCNCC3CC3)[nH]c3ccccc23)cc1. The second-order valence-electron chi connectivity index (χ2n) is 6.29. The average Bonchev–Trinajstić information content (AvgIpc) is 3.31. The van der Waals surface area contributed by atoms with Crippen LogP contribution in [0.25, 0.3) is 22.0 Å². The molecule has 0 unspecified atom stereocenters. The van der Waals surface area contributed by atoms with E-state index < -0.39 is 0 Å². The van der Waals surface area contributed by atoms with Crippen molar-refractivity contribution in [3.8, 4) is 11.1 Å². The number of fused-ring (bicyclic) bond motifs is 1. The van der Waals surface area contributed by atoms with E-state index in [2.05, 4.69) is 64.9 Å². The lowest BCUT2D eigenvalue weighted by molar-refractivity contribution is 0.635. The van der Waals surface area contributed by atoms with Crippen molar-refractivity contribution in [2.24, 2.45) is 5.92 Å². The van der Waals surface area contributed by atoms with Gasteiger partial charge in [-0.2, -0.15) is 0 Å². The molecule has 1 aromatic heterocycles. The molecule has 1 fully saturated rings. The molecule has 0 aliphatic heterocycles. The van der Waals surface area contributed by atoms with Crippen molar-refractivity contribution >= 4 is 10.9 Å². The zero-order chi connectivity index (χ0) is 14.8. The van der Waals surface area contributed by atoms with Gasteiger partial charge in [0.05, 0.1) is 0 Å². The van der Waals surface area contributed by atoms with Crippen molar-refractivity contribution in [2.75, 3.05) is 13.1 Å². The van der Waals surface area contributed by atoms with Gasteiger partial charge in [0, 0.05) is 35.1 Å². The average molecular weight is 290 g/mol. The molecule has 3 aromatic rings. The molecule has 1 saturated carbocycles. The molecule has 2 nitrogen and oxygen atoms in total. The smallest absolute Gasteiger partial charge is 0.0462 e. The van der Waals surface area contributed by atoms with E-state index >= 15 is 0 Å². The van der Waals surface area contributed by atoms with Gasteiger partial charge >= 0.3 is 0 Å². The fourth-order valence-corrected chi connectivity index (χ4v) is 3.16. The number of hydrogen-bond donors (Lipinski definition) is 2. The van der Waals surface area contributed by atoms with Crippen LogP contribution in [0.15, 0.2) is 54.6 Å². The molecule has 0 bridgehead atoms. The van der Waals surface area contributed by atoms with Gasteiger partial charge in [-0.05, 0) is 36.9 Å². The summed E-state index contributed by atoms with van der Waals surface area (Å²) in [6, 6.07) is 19.3. The predicted octanol–water partition coefficient (Wildman–Crippen LogP) is 4.38. The lowest BCUT2D eigenvalue weighted by Gasteiger charge is -2.06. The minimum atomic E-state index is 0.941. The molecule has 0 amide bonds. The van der Waals surface area contributed by atoms with E-state index in [4.69, 9.17) is 0 Å². The van der Waals surface area contributed by atoms with Crippen molar-refractivity contribution < 1.29 is 0 Å². The second-order valence-corrected chi connectivity index (χ2v) is 6.29. The highest BCUT2D eigenvalue weighted by atomic mass is 14.9. The highest BCUT2D eigenvalue weighted by Gasteiger charge is 2.20. The Balaban J connectivity index is 1.63. The molecule has 2 N–H and O–H groups in total. The summed E-state index contributed by atoms with van der Waals surface area (Å²) in [7, 11) is 0. The van der Waals surface area contributed by atoms with Crippen LogP contribution in [0.5, 0.6) is 0 Å². The van der Waals surface area contributed by atoms with E-state index in [0.29, 0.717) is 0 Å². The first kappa shape index (κ1) is 13.6. The molecule has 4 rings (SSSR count). The van der Waals surface area contributed by atoms with Gasteiger partial charge in [0.2, 0.25) is 0 Å². The first-order chi connectivity index (χ1) is 10.9. The van der Waals surface area contributed by atoms with Crippen LogP contribution in [-0.4, -0.2) is 18.1 Å². The van der Waals surface area contributed by atoms with Crippen molar-refractivity contribution in [2.45, 2.75) is 19.3 Å². The van der Waals surface area contributed by atoms with Crippen molar-refractivity contribution in [1.82, 2.24) is 10.3 Å². The van der Waals surface area contributed by atoms with Gasteiger partial charge < -0.3 is 10.3 Å². The number of para-hydroxylation sites is 1. The van der Waals surface area contributed by atoms with E-state index in [0.717, 1.165) is 18.9 Å². The van der Waals surface area contributed by atoms with Gasteiger partial charge in [0.1, 0.15) is 0 Å². The van der Waals surface area contributed by atoms with Gasteiger partial charge in [-0.3, -0.25) is 0 Å². The van der Waals surface area contributed by atoms with Gasteiger partial charge in [0.15, 0.2) is 0 Å². The third-order valence-corrected chi connectivity index (χ3v) is 4.53. The first-order valence-corrected chi connectivity index (χ1v) is 8.27. The summed E-state index contributed by atoms with van der Waals surface area (Å²) in [5, 5.41) is 4.92. The summed E-state index contributed by atoms with van der Waals surface area (Å²) in [5.41, 5.74) is 5.25. The molecule has 1 heterocycles. The lowest BCUT2D eigenvalue weighted by Crippen LogP contribution is -2.20. The van der Waals surface area contributed by atoms with Gasteiger partial charge in [-0.1, -0.05) is 48.5 Å². The van der Waals surface area contributed by atoms with E-state index in [-0.39, 0.29) is 0 Å². The van der Waals surface area contributed by atoms with Crippen molar-refractivity contribution in [3.63, 3.8) is 0 Å². The number of H-pyrrole nitrogens is 1. The summed E-state index contributed by atoms with van der Waals surface area (Å²) >= 11 is 0. The lowest BCUT2D eigenvalue weighted by atomic mass is 10.0. The highest BCUT2D eigenvalue weighted by Crippen LogP contribution is 2.32. The van der Waals surface area contributed by atoms with Crippen LogP contribution < -0.4 is 5.32 Å². The Morgan fingerprint density at radius 1 is 0.955 bits per heavy atom. The van der Waals surface area contributed by atoms with Crippen LogP contribution in [0.2, 0.25) is 0 Å². The van der Waals surface area contributed by atoms with Crippen LogP contribution >= 0.6 is 0 Å². The summed E-state index contributed by atoms with van der Waals surface area (Å²) < 4.78 is 0. The molecule has 2 aromatic carbocycles. The molecule has 22 heavy (non-hydrogen) atoms. The number of aromatic amines is 1. The van der Waals surface area contributed by atoms with E-state index in [1.807, 2.05) is 0 Å². The number of benzene rings is 2. The molecule has 0 spiro atoms. The zero-order valence-corrected chi connectivity index (χ0v) is 12.8. The van der Waals surface area contributed by atoms with Crippen LogP contribution in [0.4, 0.5) is 0 Å². The molecule has 2 heteroatoms. The topological polar surface area (TPSA) is 27.8 Å². The van der Waals surface area contributed by atoms with Gasteiger partial charge in [-0.15, -0.1) is 0 Å². The molecular weight excluding hydrogens is 268 g/mol. The Labute approximate surface area is 131 Å². The Morgan fingerprint density at radius 3 is 2.55 bits per heavy atom. The third kappa shape index (κ3) is 2.79. The maximum absolute atomic E-state index is 3.63. The van der Waals surface area contributed by atoms with E-state index in [1.54, 1.807) is 0 Å². The third-order valence-electron chi connectivity index (χ3n) is 4.53.